The SMILES string of the molecule is O=C1CCc2cc(C(Br)c3ccc(I)cc3)ccc2N1. The number of hydrogen-bond donors (Lipinski definition) is 1. The zero-order valence-corrected chi connectivity index (χ0v) is 14.4. The molecule has 2 aromatic carbocycles. The second-order valence-electron chi connectivity index (χ2n) is 4.88. The second-order valence-corrected chi connectivity index (χ2v) is 7.04. The van der Waals surface area contributed by atoms with Gasteiger partial charge in [0.25, 0.3) is 0 Å². The van der Waals surface area contributed by atoms with Crippen molar-refractivity contribution in [2.45, 2.75) is 17.7 Å². The monoisotopic (exact) mass is 441 g/mol. The summed E-state index contributed by atoms with van der Waals surface area (Å²) in [5, 5.41) is 2.92. The molecule has 1 unspecified atom stereocenters. The molecule has 1 aliphatic heterocycles. The lowest BCUT2D eigenvalue weighted by molar-refractivity contribution is -0.116. The maximum Gasteiger partial charge on any atom is 0.224 e. The lowest BCUT2D eigenvalue weighted by Crippen LogP contribution is -2.19. The maximum atomic E-state index is 11.4. The van der Waals surface area contributed by atoms with E-state index >= 15 is 0 Å². The Hall–Kier alpha value is -0.880. The minimum atomic E-state index is 0.110. The first-order valence-corrected chi connectivity index (χ1v) is 8.45. The van der Waals surface area contributed by atoms with Gasteiger partial charge >= 0.3 is 0 Å². The van der Waals surface area contributed by atoms with Gasteiger partial charge in [0.05, 0.1) is 4.83 Å². The molecule has 0 saturated carbocycles. The Kier molecular flexibility index (Phi) is 4.12. The Bertz CT molecular complexity index is 654. The van der Waals surface area contributed by atoms with E-state index < -0.39 is 0 Å². The number of fused-ring (bicyclic) bond motifs is 1. The molecular formula is C16H13BrINO. The van der Waals surface area contributed by atoms with Crippen LogP contribution in [-0.2, 0) is 11.2 Å². The number of rotatable bonds is 2. The largest absolute Gasteiger partial charge is 0.326 e. The van der Waals surface area contributed by atoms with E-state index in [4.69, 9.17) is 0 Å². The lowest BCUT2D eigenvalue weighted by Gasteiger charge is -2.19. The van der Waals surface area contributed by atoms with Crippen molar-refractivity contribution >= 4 is 50.1 Å². The number of alkyl halides is 1. The first kappa shape index (κ1) is 14.1. The Labute approximate surface area is 140 Å². The van der Waals surface area contributed by atoms with Crippen LogP contribution in [0.1, 0.15) is 27.9 Å². The third kappa shape index (κ3) is 2.91. The van der Waals surface area contributed by atoms with Crippen LogP contribution in [0.3, 0.4) is 0 Å². The smallest absolute Gasteiger partial charge is 0.224 e. The van der Waals surface area contributed by atoms with E-state index in [9.17, 15) is 4.79 Å². The summed E-state index contributed by atoms with van der Waals surface area (Å²) in [6, 6.07) is 14.8. The van der Waals surface area contributed by atoms with E-state index in [-0.39, 0.29) is 10.7 Å². The van der Waals surface area contributed by atoms with Crippen LogP contribution in [0.2, 0.25) is 0 Å². The summed E-state index contributed by atoms with van der Waals surface area (Å²) < 4.78 is 1.24. The van der Waals surface area contributed by atoms with Crippen LogP contribution >= 0.6 is 38.5 Å². The molecule has 0 aromatic heterocycles. The Morgan fingerprint density at radius 1 is 1.05 bits per heavy atom. The summed E-state index contributed by atoms with van der Waals surface area (Å²) in [5.74, 6) is 0.110. The van der Waals surface area contributed by atoms with Crippen molar-refractivity contribution in [3.05, 3.63) is 62.7 Å². The Morgan fingerprint density at radius 2 is 1.75 bits per heavy atom. The van der Waals surface area contributed by atoms with Gasteiger partial charge in [-0.25, -0.2) is 0 Å². The van der Waals surface area contributed by atoms with Gasteiger partial charge in [-0.2, -0.15) is 0 Å². The van der Waals surface area contributed by atoms with Crippen molar-refractivity contribution in [3.8, 4) is 0 Å². The Balaban J connectivity index is 1.90. The van der Waals surface area contributed by atoms with E-state index in [1.165, 1.54) is 20.3 Å². The van der Waals surface area contributed by atoms with Gasteiger partial charge < -0.3 is 5.32 Å². The maximum absolute atomic E-state index is 11.4. The summed E-state index contributed by atoms with van der Waals surface area (Å²) in [6.45, 7) is 0. The second kappa shape index (κ2) is 5.85. The molecule has 20 heavy (non-hydrogen) atoms. The highest BCUT2D eigenvalue weighted by atomic mass is 127. The molecule has 102 valence electrons. The van der Waals surface area contributed by atoms with E-state index in [0.717, 1.165) is 12.1 Å². The van der Waals surface area contributed by atoms with Crippen molar-refractivity contribution in [1.82, 2.24) is 0 Å². The van der Waals surface area contributed by atoms with Crippen molar-refractivity contribution in [3.63, 3.8) is 0 Å². The molecule has 1 aliphatic rings. The summed E-state index contributed by atoms with van der Waals surface area (Å²) >= 11 is 6.08. The Morgan fingerprint density at radius 3 is 2.50 bits per heavy atom. The number of carbonyl (C=O) groups is 1. The number of benzene rings is 2. The van der Waals surface area contributed by atoms with Gasteiger partial charge in [-0.1, -0.05) is 40.2 Å². The molecule has 0 bridgehead atoms. The van der Waals surface area contributed by atoms with E-state index in [1.807, 2.05) is 6.07 Å². The molecule has 3 rings (SSSR count). The van der Waals surface area contributed by atoms with Crippen LogP contribution in [0.15, 0.2) is 42.5 Å². The minimum absolute atomic E-state index is 0.110. The predicted molar refractivity (Wildman–Crippen MR) is 93.3 cm³/mol. The van der Waals surface area contributed by atoms with Crippen molar-refractivity contribution in [2.75, 3.05) is 5.32 Å². The van der Waals surface area contributed by atoms with Crippen LogP contribution in [0.4, 0.5) is 5.69 Å². The summed E-state index contributed by atoms with van der Waals surface area (Å²) in [5.41, 5.74) is 4.63. The molecule has 1 heterocycles. The standard InChI is InChI=1S/C16H13BrINO/c17-16(10-1-5-13(18)6-2-10)12-3-7-14-11(9-12)4-8-15(20)19-14/h1-3,5-7,9,16H,4,8H2,(H,19,20). The third-order valence-electron chi connectivity index (χ3n) is 3.48. The number of amides is 1. The molecule has 0 radical (unpaired) electrons. The molecule has 1 atom stereocenters. The van der Waals surface area contributed by atoms with Crippen LogP contribution in [0.25, 0.3) is 0 Å². The molecule has 1 N–H and O–H groups in total. The van der Waals surface area contributed by atoms with Gasteiger partial charge in [0.15, 0.2) is 0 Å². The van der Waals surface area contributed by atoms with Gasteiger partial charge in [-0.05, 0) is 63.9 Å². The zero-order valence-electron chi connectivity index (χ0n) is 10.7. The molecule has 2 aromatic rings. The van der Waals surface area contributed by atoms with Gasteiger partial charge in [0.1, 0.15) is 0 Å². The molecule has 0 spiro atoms. The highest BCUT2D eigenvalue weighted by Gasteiger charge is 2.17. The fourth-order valence-corrected chi connectivity index (χ4v) is 3.33. The zero-order chi connectivity index (χ0) is 14.1. The van der Waals surface area contributed by atoms with Crippen molar-refractivity contribution in [1.29, 1.82) is 0 Å². The summed E-state index contributed by atoms with van der Waals surface area (Å²) in [6.07, 6.45) is 1.40. The number of carbonyl (C=O) groups excluding carboxylic acids is 1. The first-order chi connectivity index (χ1) is 9.63. The molecule has 0 fully saturated rings. The van der Waals surface area contributed by atoms with Crippen molar-refractivity contribution < 1.29 is 4.79 Å². The van der Waals surface area contributed by atoms with Crippen LogP contribution < -0.4 is 5.32 Å². The average Bonchev–Trinajstić information content (AvgIpc) is 2.47. The molecule has 2 nitrogen and oxygen atoms in total. The van der Waals surface area contributed by atoms with E-state index in [1.54, 1.807) is 0 Å². The van der Waals surface area contributed by atoms with Gasteiger partial charge in [0.2, 0.25) is 5.91 Å². The highest BCUT2D eigenvalue weighted by molar-refractivity contribution is 14.1. The van der Waals surface area contributed by atoms with E-state index in [0.29, 0.717) is 6.42 Å². The number of nitrogens with one attached hydrogen (secondary N) is 1. The normalized spacial score (nSPS) is 15.4. The van der Waals surface area contributed by atoms with Gasteiger partial charge in [-0.15, -0.1) is 0 Å². The predicted octanol–water partition coefficient (Wildman–Crippen LogP) is 4.66. The third-order valence-corrected chi connectivity index (χ3v) is 5.26. The molecule has 0 saturated heterocycles. The van der Waals surface area contributed by atoms with Gasteiger partial charge in [0, 0.05) is 15.7 Å². The summed E-state index contributed by atoms with van der Waals surface area (Å²) in [4.78, 5) is 11.6. The fraction of sp³-hybridized carbons (Fsp3) is 0.188. The lowest BCUT2D eigenvalue weighted by atomic mass is 9.97. The molecule has 1 amide bonds. The van der Waals surface area contributed by atoms with Crippen LogP contribution in [0.5, 0.6) is 0 Å². The van der Waals surface area contributed by atoms with Crippen LogP contribution in [0, 0.1) is 3.57 Å². The number of hydrogen-bond acceptors (Lipinski definition) is 1. The number of aryl methyl sites for hydroxylation is 1. The quantitative estimate of drug-likeness (QED) is 0.533. The minimum Gasteiger partial charge on any atom is -0.326 e. The fourth-order valence-electron chi connectivity index (χ4n) is 2.39. The highest BCUT2D eigenvalue weighted by Crippen LogP contribution is 2.34. The molecule has 4 heteroatoms. The summed E-state index contributed by atoms with van der Waals surface area (Å²) in [7, 11) is 0. The van der Waals surface area contributed by atoms with E-state index in [2.05, 4.69) is 80.2 Å². The number of anilines is 1. The topological polar surface area (TPSA) is 29.1 Å². The number of halogens is 2. The van der Waals surface area contributed by atoms with Gasteiger partial charge in [-0.3, -0.25) is 4.79 Å². The van der Waals surface area contributed by atoms with Crippen LogP contribution in [-0.4, -0.2) is 5.91 Å². The molecular weight excluding hydrogens is 429 g/mol. The molecule has 0 aliphatic carbocycles. The van der Waals surface area contributed by atoms with Crippen molar-refractivity contribution in [2.24, 2.45) is 0 Å². The average molecular weight is 442 g/mol. The first-order valence-electron chi connectivity index (χ1n) is 6.46.